The van der Waals surface area contributed by atoms with Gasteiger partial charge in [-0.3, -0.25) is 14.9 Å². The highest BCUT2D eigenvalue weighted by Crippen LogP contribution is 2.23. The van der Waals surface area contributed by atoms with Crippen molar-refractivity contribution < 1.29 is 14.8 Å². The Labute approximate surface area is 110 Å². The fraction of sp³-hybridized carbons (Fsp3) is 0.500. The van der Waals surface area contributed by atoms with Gasteiger partial charge in [0, 0.05) is 18.0 Å². The van der Waals surface area contributed by atoms with Gasteiger partial charge in [-0.1, -0.05) is 0 Å². The fourth-order valence-corrected chi connectivity index (χ4v) is 1.59. The second-order valence-corrected chi connectivity index (χ2v) is 5.02. The van der Waals surface area contributed by atoms with Gasteiger partial charge < -0.3 is 10.4 Å². The van der Waals surface area contributed by atoms with E-state index in [4.69, 9.17) is 5.11 Å². The Morgan fingerprint density at radius 3 is 2.68 bits per heavy atom. The second-order valence-electron chi connectivity index (χ2n) is 5.02. The molecule has 0 unspecified atom stereocenters. The maximum Gasteiger partial charge on any atom is 0.303 e. The van der Waals surface area contributed by atoms with Crippen LogP contribution in [-0.2, 0) is 4.79 Å². The van der Waals surface area contributed by atoms with Gasteiger partial charge in [-0.2, -0.15) is 0 Å². The average molecular weight is 267 g/mol. The van der Waals surface area contributed by atoms with Crippen LogP contribution in [0.3, 0.4) is 0 Å². The molecule has 0 aliphatic heterocycles. The van der Waals surface area contributed by atoms with Crippen molar-refractivity contribution in [3.05, 3.63) is 27.9 Å². The molecule has 2 N–H and O–H groups in total. The summed E-state index contributed by atoms with van der Waals surface area (Å²) in [6.45, 7) is 5.44. The van der Waals surface area contributed by atoms with Gasteiger partial charge in [0.1, 0.15) is 12.0 Å². The molecule has 0 spiro atoms. The predicted octanol–water partition coefficient (Wildman–Crippen LogP) is 2.35. The normalized spacial score (nSPS) is 11.1. The van der Waals surface area contributed by atoms with Crippen molar-refractivity contribution in [3.8, 4) is 0 Å². The van der Waals surface area contributed by atoms with Gasteiger partial charge in [0.2, 0.25) is 0 Å². The van der Waals surface area contributed by atoms with E-state index in [1.54, 1.807) is 6.92 Å². The molecule has 1 aromatic rings. The summed E-state index contributed by atoms with van der Waals surface area (Å²) in [6, 6.07) is 1.43. The molecule has 0 amide bonds. The van der Waals surface area contributed by atoms with E-state index >= 15 is 0 Å². The molecule has 7 heteroatoms. The highest BCUT2D eigenvalue weighted by Gasteiger charge is 2.21. The standard InChI is InChI=1S/C12H17N3O4/c1-8-6-9(15(18)19)7-13-11(8)14-12(2,3)5-4-10(16)17/h6-7H,4-5H2,1-3H3,(H,13,14)(H,16,17). The summed E-state index contributed by atoms with van der Waals surface area (Å²) < 4.78 is 0. The van der Waals surface area contributed by atoms with Crippen molar-refractivity contribution in [2.75, 3.05) is 5.32 Å². The molecular weight excluding hydrogens is 250 g/mol. The summed E-state index contributed by atoms with van der Waals surface area (Å²) in [5, 5.41) is 22.4. The van der Waals surface area contributed by atoms with E-state index in [0.717, 1.165) is 0 Å². The van der Waals surface area contributed by atoms with E-state index in [2.05, 4.69) is 10.3 Å². The van der Waals surface area contributed by atoms with Crippen molar-refractivity contribution in [1.82, 2.24) is 4.98 Å². The lowest BCUT2D eigenvalue weighted by Gasteiger charge is -2.27. The predicted molar refractivity (Wildman–Crippen MR) is 70.2 cm³/mol. The molecule has 1 aromatic heterocycles. The third kappa shape index (κ3) is 4.53. The van der Waals surface area contributed by atoms with E-state index in [1.165, 1.54) is 12.3 Å². The number of carboxylic acid groups (broad SMARTS) is 1. The third-order valence-corrected chi connectivity index (χ3v) is 2.70. The van der Waals surface area contributed by atoms with Crippen LogP contribution in [0.1, 0.15) is 32.3 Å². The average Bonchev–Trinajstić information content (AvgIpc) is 2.29. The van der Waals surface area contributed by atoms with Gasteiger partial charge in [-0.05, 0) is 32.8 Å². The number of aliphatic carboxylic acids is 1. The molecule has 0 atom stereocenters. The van der Waals surface area contributed by atoms with Crippen LogP contribution in [-0.4, -0.2) is 26.5 Å². The number of hydrogen-bond donors (Lipinski definition) is 2. The molecule has 0 aliphatic carbocycles. The van der Waals surface area contributed by atoms with Gasteiger partial charge in [-0.15, -0.1) is 0 Å². The lowest BCUT2D eigenvalue weighted by atomic mass is 9.98. The van der Waals surface area contributed by atoms with E-state index in [0.29, 0.717) is 17.8 Å². The number of rotatable bonds is 6. The Morgan fingerprint density at radius 1 is 1.58 bits per heavy atom. The monoisotopic (exact) mass is 267 g/mol. The Balaban J connectivity index is 2.81. The first-order valence-corrected chi connectivity index (χ1v) is 5.82. The highest BCUT2D eigenvalue weighted by atomic mass is 16.6. The summed E-state index contributed by atoms with van der Waals surface area (Å²) in [5.41, 5.74) is 0.135. The number of nitro groups is 1. The molecule has 0 fully saturated rings. The molecule has 0 bridgehead atoms. The minimum atomic E-state index is -0.858. The van der Waals surface area contributed by atoms with Crippen LogP contribution in [0.25, 0.3) is 0 Å². The van der Waals surface area contributed by atoms with Crippen molar-refractivity contribution >= 4 is 17.5 Å². The lowest BCUT2D eigenvalue weighted by Crippen LogP contribution is -2.32. The quantitative estimate of drug-likeness (QED) is 0.605. The number of nitrogens with zero attached hydrogens (tertiary/aromatic N) is 2. The van der Waals surface area contributed by atoms with Crippen LogP contribution in [0.2, 0.25) is 0 Å². The van der Waals surface area contributed by atoms with Crippen molar-refractivity contribution in [1.29, 1.82) is 0 Å². The van der Waals surface area contributed by atoms with Gasteiger partial charge >= 0.3 is 5.97 Å². The maximum atomic E-state index is 10.6. The number of carbonyl (C=O) groups is 1. The maximum absolute atomic E-state index is 10.6. The Bertz CT molecular complexity index is 500. The summed E-state index contributed by atoms with van der Waals surface area (Å²) in [6.07, 6.45) is 1.66. The first-order valence-electron chi connectivity index (χ1n) is 5.82. The molecule has 0 radical (unpaired) electrons. The summed E-state index contributed by atoms with van der Waals surface area (Å²) >= 11 is 0. The zero-order chi connectivity index (χ0) is 14.6. The van der Waals surface area contributed by atoms with Gasteiger partial charge in [0.05, 0.1) is 4.92 Å². The van der Waals surface area contributed by atoms with Crippen LogP contribution >= 0.6 is 0 Å². The smallest absolute Gasteiger partial charge is 0.303 e. The highest BCUT2D eigenvalue weighted by molar-refractivity contribution is 5.67. The first kappa shape index (κ1) is 14.9. The van der Waals surface area contributed by atoms with Crippen LogP contribution < -0.4 is 5.32 Å². The molecule has 7 nitrogen and oxygen atoms in total. The minimum Gasteiger partial charge on any atom is -0.481 e. The topological polar surface area (TPSA) is 105 Å². The number of hydrogen-bond acceptors (Lipinski definition) is 5. The summed E-state index contributed by atoms with van der Waals surface area (Å²) in [4.78, 5) is 24.7. The van der Waals surface area contributed by atoms with E-state index in [-0.39, 0.29) is 12.1 Å². The number of carboxylic acids is 1. The molecule has 1 heterocycles. The van der Waals surface area contributed by atoms with Gasteiger partial charge in [0.15, 0.2) is 0 Å². The number of aromatic nitrogens is 1. The first-order chi connectivity index (χ1) is 8.71. The van der Waals surface area contributed by atoms with E-state index in [9.17, 15) is 14.9 Å². The second kappa shape index (κ2) is 5.64. The molecule has 0 aliphatic rings. The SMILES string of the molecule is Cc1cc([N+](=O)[O-])cnc1NC(C)(C)CCC(=O)O. The zero-order valence-corrected chi connectivity index (χ0v) is 11.1. The zero-order valence-electron chi connectivity index (χ0n) is 11.1. The van der Waals surface area contributed by atoms with Crippen LogP contribution in [0.5, 0.6) is 0 Å². The fourth-order valence-electron chi connectivity index (χ4n) is 1.59. The van der Waals surface area contributed by atoms with Crippen molar-refractivity contribution in [2.24, 2.45) is 0 Å². The van der Waals surface area contributed by atoms with Crippen molar-refractivity contribution in [2.45, 2.75) is 39.2 Å². The molecule has 0 aromatic carbocycles. The molecular formula is C12H17N3O4. The molecule has 1 rings (SSSR count). The Hall–Kier alpha value is -2.18. The Kier molecular flexibility index (Phi) is 4.42. The molecule has 0 saturated carbocycles. The summed E-state index contributed by atoms with van der Waals surface area (Å²) in [7, 11) is 0. The molecule has 0 saturated heterocycles. The lowest BCUT2D eigenvalue weighted by molar-refractivity contribution is -0.385. The van der Waals surface area contributed by atoms with Gasteiger partial charge in [0.25, 0.3) is 5.69 Å². The molecule has 104 valence electrons. The number of pyridine rings is 1. The van der Waals surface area contributed by atoms with Crippen molar-refractivity contribution in [3.63, 3.8) is 0 Å². The Morgan fingerprint density at radius 2 is 2.21 bits per heavy atom. The third-order valence-electron chi connectivity index (χ3n) is 2.70. The van der Waals surface area contributed by atoms with Crippen LogP contribution in [0.15, 0.2) is 12.3 Å². The van der Waals surface area contributed by atoms with E-state index < -0.39 is 16.4 Å². The van der Waals surface area contributed by atoms with E-state index in [1.807, 2.05) is 13.8 Å². The molecule has 19 heavy (non-hydrogen) atoms. The number of aryl methyl sites for hydroxylation is 1. The largest absolute Gasteiger partial charge is 0.481 e. The minimum absolute atomic E-state index is 0.0476. The van der Waals surface area contributed by atoms with Crippen LogP contribution in [0, 0.1) is 17.0 Å². The van der Waals surface area contributed by atoms with Crippen LogP contribution in [0.4, 0.5) is 11.5 Å². The van der Waals surface area contributed by atoms with Gasteiger partial charge in [-0.25, -0.2) is 4.98 Å². The number of anilines is 1. The summed E-state index contributed by atoms with van der Waals surface area (Å²) in [5.74, 6) is -0.329. The number of nitrogens with one attached hydrogen (secondary N) is 1.